The number of hydrogen-bond acceptors (Lipinski definition) is 3. The van der Waals surface area contributed by atoms with Gasteiger partial charge in [-0.3, -0.25) is 0 Å². The third-order valence-electron chi connectivity index (χ3n) is 4.43. The van der Waals surface area contributed by atoms with Crippen molar-refractivity contribution in [2.45, 2.75) is 58.6 Å². The fraction of sp³-hybridized carbons (Fsp3) is 0.625. The van der Waals surface area contributed by atoms with Gasteiger partial charge < -0.3 is 4.74 Å². The zero-order chi connectivity index (χ0) is 15.7. The van der Waals surface area contributed by atoms with E-state index < -0.39 is 10.0 Å². The van der Waals surface area contributed by atoms with Crippen LogP contribution in [0, 0.1) is 6.92 Å². The third-order valence-corrected chi connectivity index (χ3v) is 5.84. The lowest BCUT2D eigenvalue weighted by Crippen LogP contribution is -2.44. The molecular weight excluding hydrogens is 286 g/mol. The molecule has 0 aliphatic carbocycles. The van der Waals surface area contributed by atoms with E-state index >= 15 is 0 Å². The third kappa shape index (κ3) is 3.40. The average Bonchev–Trinajstić information content (AvgIpc) is 2.47. The quantitative estimate of drug-likeness (QED) is 0.907. The standard InChI is InChI=1S/C16H25NO3S/c1-5-16(6-2)11-14(17-21(18,19)7-3)13-10-12(4)8-9-15(13)20-16/h8-10,14,17H,5-7,11H2,1-4H3. The van der Waals surface area contributed by atoms with E-state index in [0.717, 1.165) is 29.7 Å². The van der Waals surface area contributed by atoms with Crippen LogP contribution < -0.4 is 9.46 Å². The molecule has 2 rings (SSSR count). The van der Waals surface area contributed by atoms with Gasteiger partial charge in [-0.25, -0.2) is 13.1 Å². The van der Waals surface area contributed by atoms with E-state index in [9.17, 15) is 8.42 Å². The summed E-state index contributed by atoms with van der Waals surface area (Å²) in [6, 6.07) is 5.77. The highest BCUT2D eigenvalue weighted by molar-refractivity contribution is 7.89. The number of nitrogens with one attached hydrogen (secondary N) is 1. The molecule has 0 amide bonds. The first-order chi connectivity index (χ1) is 9.84. The van der Waals surface area contributed by atoms with Crippen LogP contribution in [-0.2, 0) is 10.0 Å². The van der Waals surface area contributed by atoms with Crippen molar-refractivity contribution in [3.8, 4) is 5.75 Å². The Kier molecular flexibility index (Phi) is 4.63. The molecule has 0 spiro atoms. The summed E-state index contributed by atoms with van der Waals surface area (Å²) in [5.74, 6) is 0.899. The fourth-order valence-corrected chi connectivity index (χ4v) is 3.69. The summed E-state index contributed by atoms with van der Waals surface area (Å²) in [5.41, 5.74) is 1.77. The molecule has 1 aromatic rings. The maximum absolute atomic E-state index is 12.0. The van der Waals surface area contributed by atoms with Crippen LogP contribution in [0.15, 0.2) is 18.2 Å². The van der Waals surface area contributed by atoms with Crippen molar-refractivity contribution in [3.05, 3.63) is 29.3 Å². The van der Waals surface area contributed by atoms with E-state index in [2.05, 4.69) is 18.6 Å². The van der Waals surface area contributed by atoms with Crippen molar-refractivity contribution >= 4 is 10.0 Å². The van der Waals surface area contributed by atoms with Gasteiger partial charge >= 0.3 is 0 Å². The number of hydrogen-bond donors (Lipinski definition) is 1. The molecule has 4 nitrogen and oxygen atoms in total. The number of ether oxygens (including phenoxy) is 1. The Morgan fingerprint density at radius 1 is 1.29 bits per heavy atom. The van der Waals surface area contributed by atoms with Gasteiger partial charge in [0, 0.05) is 12.0 Å². The lowest BCUT2D eigenvalue weighted by atomic mass is 9.83. The van der Waals surface area contributed by atoms with Crippen molar-refractivity contribution in [3.63, 3.8) is 0 Å². The zero-order valence-electron chi connectivity index (χ0n) is 13.3. The average molecular weight is 311 g/mol. The maximum atomic E-state index is 12.0. The summed E-state index contributed by atoms with van der Waals surface area (Å²) < 4.78 is 33.1. The minimum Gasteiger partial charge on any atom is -0.487 e. The van der Waals surface area contributed by atoms with E-state index in [1.807, 2.05) is 25.1 Å². The van der Waals surface area contributed by atoms with E-state index in [0.29, 0.717) is 6.42 Å². The first-order valence-electron chi connectivity index (χ1n) is 7.64. The number of benzene rings is 1. The van der Waals surface area contributed by atoms with Crippen molar-refractivity contribution in [1.82, 2.24) is 4.72 Å². The van der Waals surface area contributed by atoms with Gasteiger partial charge in [-0.2, -0.15) is 0 Å². The summed E-state index contributed by atoms with van der Waals surface area (Å²) >= 11 is 0. The van der Waals surface area contributed by atoms with Gasteiger partial charge in [-0.1, -0.05) is 31.5 Å². The molecule has 1 unspecified atom stereocenters. The second kappa shape index (κ2) is 5.97. The molecule has 1 aliphatic rings. The van der Waals surface area contributed by atoms with Crippen LogP contribution in [-0.4, -0.2) is 19.8 Å². The molecule has 21 heavy (non-hydrogen) atoms. The number of sulfonamides is 1. The van der Waals surface area contributed by atoms with Gasteiger partial charge in [0.2, 0.25) is 10.0 Å². The Hall–Kier alpha value is -1.07. The zero-order valence-corrected chi connectivity index (χ0v) is 14.1. The Morgan fingerprint density at radius 3 is 2.52 bits per heavy atom. The number of rotatable bonds is 5. The van der Waals surface area contributed by atoms with Crippen LogP contribution in [0.4, 0.5) is 0 Å². The molecule has 1 N–H and O–H groups in total. The van der Waals surface area contributed by atoms with Crippen molar-refractivity contribution in [2.24, 2.45) is 0 Å². The maximum Gasteiger partial charge on any atom is 0.211 e. The molecule has 5 heteroatoms. The molecule has 118 valence electrons. The van der Waals surface area contributed by atoms with Crippen LogP contribution in [0.1, 0.15) is 57.2 Å². The Labute approximate surface area is 127 Å². The van der Waals surface area contributed by atoms with E-state index in [1.165, 1.54) is 0 Å². The van der Waals surface area contributed by atoms with Crippen molar-refractivity contribution < 1.29 is 13.2 Å². The van der Waals surface area contributed by atoms with E-state index in [4.69, 9.17) is 4.74 Å². The van der Waals surface area contributed by atoms with Crippen molar-refractivity contribution in [1.29, 1.82) is 0 Å². The highest BCUT2D eigenvalue weighted by Crippen LogP contribution is 2.43. The monoisotopic (exact) mass is 311 g/mol. The minimum absolute atomic E-state index is 0.0940. The second-order valence-corrected chi connectivity index (χ2v) is 7.85. The summed E-state index contributed by atoms with van der Waals surface area (Å²) in [5, 5.41) is 0. The van der Waals surface area contributed by atoms with Crippen LogP contribution in [0.3, 0.4) is 0 Å². The largest absolute Gasteiger partial charge is 0.487 e. The molecule has 0 fully saturated rings. The molecule has 0 saturated heterocycles. The SMILES string of the molecule is CCC1(CC)CC(NS(=O)(=O)CC)c2cc(C)ccc2O1. The number of fused-ring (bicyclic) bond motifs is 1. The molecule has 1 heterocycles. The van der Waals surface area contributed by atoms with Gasteiger partial charge in [0.25, 0.3) is 0 Å². The summed E-state index contributed by atoms with van der Waals surface area (Å²) in [6.45, 7) is 7.85. The molecule has 0 saturated carbocycles. The lowest BCUT2D eigenvalue weighted by molar-refractivity contribution is 0.0260. The summed E-state index contributed by atoms with van der Waals surface area (Å²) in [4.78, 5) is 0. The first-order valence-corrected chi connectivity index (χ1v) is 9.29. The minimum atomic E-state index is -3.25. The molecule has 1 atom stereocenters. The topological polar surface area (TPSA) is 55.4 Å². The number of aryl methyl sites for hydroxylation is 1. The van der Waals surface area contributed by atoms with Gasteiger partial charge in [0.15, 0.2) is 0 Å². The van der Waals surface area contributed by atoms with Gasteiger partial charge in [0.1, 0.15) is 11.4 Å². The van der Waals surface area contributed by atoms with Crippen LogP contribution in [0.25, 0.3) is 0 Å². The normalized spacial score (nSPS) is 20.7. The van der Waals surface area contributed by atoms with Crippen LogP contribution >= 0.6 is 0 Å². The fourth-order valence-electron chi connectivity index (χ4n) is 2.88. The predicted octanol–water partition coefficient (Wildman–Crippen LogP) is 3.32. The molecular formula is C16H25NO3S. The van der Waals surface area contributed by atoms with Gasteiger partial charge in [-0.05, 0) is 32.8 Å². The molecule has 0 radical (unpaired) electrons. The van der Waals surface area contributed by atoms with Gasteiger partial charge in [-0.15, -0.1) is 0 Å². The lowest BCUT2D eigenvalue weighted by Gasteiger charge is -2.41. The Balaban J connectivity index is 2.45. The molecule has 0 aromatic heterocycles. The highest BCUT2D eigenvalue weighted by Gasteiger charge is 2.39. The first kappa shape index (κ1) is 16.3. The predicted molar refractivity (Wildman–Crippen MR) is 85.1 cm³/mol. The van der Waals surface area contributed by atoms with E-state index in [1.54, 1.807) is 6.92 Å². The molecule has 1 aromatic carbocycles. The highest BCUT2D eigenvalue weighted by atomic mass is 32.2. The summed E-state index contributed by atoms with van der Waals surface area (Å²) in [7, 11) is -3.25. The Morgan fingerprint density at radius 2 is 1.95 bits per heavy atom. The van der Waals surface area contributed by atoms with Crippen molar-refractivity contribution in [2.75, 3.05) is 5.75 Å². The smallest absolute Gasteiger partial charge is 0.211 e. The van der Waals surface area contributed by atoms with Gasteiger partial charge in [0.05, 0.1) is 11.8 Å². The van der Waals surface area contributed by atoms with E-state index in [-0.39, 0.29) is 17.4 Å². The van der Waals surface area contributed by atoms with Crippen LogP contribution in [0.2, 0.25) is 0 Å². The second-order valence-electron chi connectivity index (χ2n) is 5.81. The van der Waals surface area contributed by atoms with Crippen LogP contribution in [0.5, 0.6) is 5.75 Å². The summed E-state index contributed by atoms with van der Waals surface area (Å²) in [6.07, 6.45) is 2.40. The Bertz CT molecular complexity index is 606. The molecule has 1 aliphatic heterocycles. The molecule has 0 bridgehead atoms.